The highest BCUT2D eigenvalue weighted by atomic mass is 19.1. The highest BCUT2D eigenvalue weighted by Gasteiger charge is 2.28. The van der Waals surface area contributed by atoms with E-state index in [9.17, 15) is 13.6 Å². The van der Waals surface area contributed by atoms with Crippen LogP contribution in [-0.4, -0.2) is 27.1 Å². The van der Waals surface area contributed by atoms with Gasteiger partial charge in [-0.25, -0.2) is 13.8 Å². The van der Waals surface area contributed by atoms with E-state index in [2.05, 4.69) is 20.5 Å². The molecule has 1 N–H and O–H groups in total. The lowest BCUT2D eigenvalue weighted by Crippen LogP contribution is -2.34. The molecule has 1 fully saturated rings. The molecule has 128 valence electrons. The molecule has 1 amide bonds. The van der Waals surface area contributed by atoms with Crippen LogP contribution in [0.3, 0.4) is 0 Å². The minimum atomic E-state index is -0.958. The SMILES string of the molecule is CCc1nnc(C[C@@H]2CC[C@H](NC(=O)c3ncc(F)cc3F)C2)o1. The van der Waals surface area contributed by atoms with Gasteiger partial charge in [-0.3, -0.25) is 4.79 Å². The standard InChI is InChI=1S/C16H18F2N4O2/c1-2-13-21-22-14(24-13)6-9-3-4-11(5-9)20-16(23)15-12(18)7-10(17)8-19-15/h7-9,11H,2-6H2,1H3,(H,20,23)/t9-,11+/m1/s1. The Balaban J connectivity index is 1.54. The van der Waals surface area contributed by atoms with Crippen molar-refractivity contribution in [1.82, 2.24) is 20.5 Å². The number of aromatic nitrogens is 3. The van der Waals surface area contributed by atoms with Gasteiger partial charge in [0, 0.05) is 24.9 Å². The van der Waals surface area contributed by atoms with Crippen LogP contribution in [0.4, 0.5) is 8.78 Å². The summed E-state index contributed by atoms with van der Waals surface area (Å²) >= 11 is 0. The van der Waals surface area contributed by atoms with E-state index in [1.165, 1.54) is 0 Å². The van der Waals surface area contributed by atoms with E-state index in [1.807, 2.05) is 6.92 Å². The molecule has 6 nitrogen and oxygen atoms in total. The summed E-state index contributed by atoms with van der Waals surface area (Å²) in [7, 11) is 0. The zero-order valence-electron chi connectivity index (χ0n) is 13.3. The number of amides is 1. The van der Waals surface area contributed by atoms with Crippen molar-refractivity contribution in [2.75, 3.05) is 0 Å². The molecular weight excluding hydrogens is 318 g/mol. The lowest BCUT2D eigenvalue weighted by Gasteiger charge is -2.12. The Bertz CT molecular complexity index is 735. The summed E-state index contributed by atoms with van der Waals surface area (Å²) in [4.78, 5) is 15.6. The lowest BCUT2D eigenvalue weighted by molar-refractivity contribution is 0.0927. The van der Waals surface area contributed by atoms with Crippen LogP contribution in [0.25, 0.3) is 0 Å². The fourth-order valence-electron chi connectivity index (χ4n) is 2.99. The topological polar surface area (TPSA) is 80.9 Å². The van der Waals surface area contributed by atoms with Gasteiger partial charge in [-0.05, 0) is 25.2 Å². The van der Waals surface area contributed by atoms with Crippen molar-refractivity contribution in [2.24, 2.45) is 5.92 Å². The Labute approximate surface area is 137 Å². The zero-order chi connectivity index (χ0) is 17.1. The van der Waals surface area contributed by atoms with Crippen LogP contribution in [0.15, 0.2) is 16.7 Å². The molecule has 3 rings (SSSR count). The summed E-state index contributed by atoms with van der Waals surface area (Å²) in [5.41, 5.74) is -0.385. The van der Waals surface area contributed by atoms with Gasteiger partial charge in [0.15, 0.2) is 11.5 Å². The van der Waals surface area contributed by atoms with E-state index in [0.29, 0.717) is 36.6 Å². The maximum Gasteiger partial charge on any atom is 0.273 e. The largest absolute Gasteiger partial charge is 0.425 e. The number of hydrogen-bond acceptors (Lipinski definition) is 5. The van der Waals surface area contributed by atoms with Gasteiger partial charge in [0.2, 0.25) is 11.8 Å². The van der Waals surface area contributed by atoms with Gasteiger partial charge in [-0.1, -0.05) is 6.92 Å². The Morgan fingerprint density at radius 2 is 2.12 bits per heavy atom. The van der Waals surface area contributed by atoms with Crippen molar-refractivity contribution < 1.29 is 18.0 Å². The molecule has 0 radical (unpaired) electrons. The van der Waals surface area contributed by atoms with E-state index in [1.54, 1.807) is 0 Å². The van der Waals surface area contributed by atoms with Crippen molar-refractivity contribution in [2.45, 2.75) is 45.1 Å². The van der Waals surface area contributed by atoms with Crippen LogP contribution in [0.2, 0.25) is 0 Å². The Morgan fingerprint density at radius 1 is 1.33 bits per heavy atom. The first-order valence-electron chi connectivity index (χ1n) is 7.98. The predicted molar refractivity (Wildman–Crippen MR) is 80.1 cm³/mol. The first-order chi connectivity index (χ1) is 11.5. The molecule has 2 atom stereocenters. The number of nitrogens with one attached hydrogen (secondary N) is 1. The van der Waals surface area contributed by atoms with E-state index >= 15 is 0 Å². The molecule has 0 spiro atoms. The summed E-state index contributed by atoms with van der Waals surface area (Å²) in [6.07, 6.45) is 4.64. The van der Waals surface area contributed by atoms with Gasteiger partial charge in [0.1, 0.15) is 5.82 Å². The third-order valence-corrected chi connectivity index (χ3v) is 4.17. The van der Waals surface area contributed by atoms with Gasteiger partial charge < -0.3 is 9.73 Å². The third kappa shape index (κ3) is 3.74. The smallest absolute Gasteiger partial charge is 0.273 e. The number of halogens is 2. The van der Waals surface area contributed by atoms with Crippen LogP contribution in [0.1, 0.15) is 48.5 Å². The molecule has 0 aromatic carbocycles. The highest BCUT2D eigenvalue weighted by Crippen LogP contribution is 2.28. The third-order valence-electron chi connectivity index (χ3n) is 4.17. The molecule has 0 aliphatic heterocycles. The van der Waals surface area contributed by atoms with Gasteiger partial charge in [0.05, 0.1) is 6.20 Å². The number of hydrogen-bond donors (Lipinski definition) is 1. The van der Waals surface area contributed by atoms with E-state index in [-0.39, 0.29) is 11.7 Å². The molecule has 24 heavy (non-hydrogen) atoms. The van der Waals surface area contributed by atoms with Crippen LogP contribution in [0.5, 0.6) is 0 Å². The van der Waals surface area contributed by atoms with E-state index < -0.39 is 17.5 Å². The molecule has 2 aromatic rings. The molecule has 1 aliphatic rings. The predicted octanol–water partition coefficient (Wildman–Crippen LogP) is 2.45. The van der Waals surface area contributed by atoms with Crippen LogP contribution in [-0.2, 0) is 12.8 Å². The van der Waals surface area contributed by atoms with Crippen LogP contribution >= 0.6 is 0 Å². The second-order valence-corrected chi connectivity index (χ2v) is 5.98. The van der Waals surface area contributed by atoms with E-state index in [0.717, 1.165) is 25.5 Å². The molecule has 2 heterocycles. The molecule has 0 unspecified atom stereocenters. The average Bonchev–Trinajstić information content (AvgIpc) is 3.17. The average molecular weight is 336 g/mol. The Kier molecular flexibility index (Phi) is 4.82. The van der Waals surface area contributed by atoms with Crippen molar-refractivity contribution in [3.05, 3.63) is 41.4 Å². The minimum Gasteiger partial charge on any atom is -0.425 e. The van der Waals surface area contributed by atoms with Gasteiger partial charge in [-0.2, -0.15) is 0 Å². The molecule has 1 saturated carbocycles. The van der Waals surface area contributed by atoms with E-state index in [4.69, 9.17) is 4.42 Å². The first kappa shape index (κ1) is 16.5. The number of carbonyl (C=O) groups is 1. The molecule has 1 aliphatic carbocycles. The van der Waals surface area contributed by atoms with Crippen molar-refractivity contribution >= 4 is 5.91 Å². The maximum absolute atomic E-state index is 13.6. The summed E-state index contributed by atoms with van der Waals surface area (Å²) < 4.78 is 31.9. The summed E-state index contributed by atoms with van der Waals surface area (Å²) in [5.74, 6) is -0.840. The second-order valence-electron chi connectivity index (χ2n) is 5.98. The van der Waals surface area contributed by atoms with Gasteiger partial charge in [-0.15, -0.1) is 10.2 Å². The van der Waals surface area contributed by atoms with Crippen LogP contribution in [0, 0.1) is 17.6 Å². The molecule has 2 aromatic heterocycles. The summed E-state index contributed by atoms with van der Waals surface area (Å²) in [6.45, 7) is 1.95. The fourth-order valence-corrected chi connectivity index (χ4v) is 2.99. The second kappa shape index (κ2) is 7.02. The summed E-state index contributed by atoms with van der Waals surface area (Å²) in [5, 5.41) is 10.7. The first-order valence-corrected chi connectivity index (χ1v) is 7.98. The molecule has 0 bridgehead atoms. The minimum absolute atomic E-state index is 0.0673. The van der Waals surface area contributed by atoms with Gasteiger partial charge >= 0.3 is 0 Å². The van der Waals surface area contributed by atoms with Gasteiger partial charge in [0.25, 0.3) is 5.91 Å². The van der Waals surface area contributed by atoms with Crippen LogP contribution < -0.4 is 5.32 Å². The maximum atomic E-state index is 13.6. The number of carbonyl (C=O) groups excluding carboxylic acids is 1. The monoisotopic (exact) mass is 336 g/mol. The summed E-state index contributed by atoms with van der Waals surface area (Å²) in [6, 6.07) is 0.586. The zero-order valence-corrected chi connectivity index (χ0v) is 13.3. The van der Waals surface area contributed by atoms with Crippen molar-refractivity contribution in [3.8, 4) is 0 Å². The van der Waals surface area contributed by atoms with Crippen molar-refractivity contribution in [3.63, 3.8) is 0 Å². The Hall–Kier alpha value is -2.38. The number of nitrogens with zero attached hydrogens (tertiary/aromatic N) is 3. The highest BCUT2D eigenvalue weighted by molar-refractivity contribution is 5.92. The fraction of sp³-hybridized carbons (Fsp3) is 0.500. The Morgan fingerprint density at radius 3 is 2.83 bits per heavy atom. The normalized spacial score (nSPS) is 20.3. The quantitative estimate of drug-likeness (QED) is 0.907. The molecule has 0 saturated heterocycles. The lowest BCUT2D eigenvalue weighted by atomic mass is 10.0. The molecule has 8 heteroatoms. The number of rotatable bonds is 5. The van der Waals surface area contributed by atoms with Crippen molar-refractivity contribution in [1.29, 1.82) is 0 Å². The number of pyridine rings is 1. The molecular formula is C16H18F2N4O2. The number of aryl methyl sites for hydroxylation is 1.